The second-order valence-electron chi connectivity index (χ2n) is 6.39. The number of likely N-dealkylation sites (N-methyl/N-ethyl adjacent to an activating group) is 1. The van der Waals surface area contributed by atoms with Crippen LogP contribution >= 0.6 is 0 Å². The van der Waals surface area contributed by atoms with Crippen molar-refractivity contribution in [3.8, 4) is 0 Å². The van der Waals surface area contributed by atoms with Gasteiger partial charge in [-0.2, -0.15) is 0 Å². The molecule has 2 rings (SSSR count). The molecule has 1 saturated heterocycles. The van der Waals surface area contributed by atoms with E-state index in [9.17, 15) is 8.78 Å². The van der Waals surface area contributed by atoms with E-state index in [2.05, 4.69) is 13.8 Å². The van der Waals surface area contributed by atoms with Crippen molar-refractivity contribution in [2.75, 3.05) is 26.7 Å². The molecule has 106 valence electrons. The molecule has 3 unspecified atom stereocenters. The van der Waals surface area contributed by atoms with E-state index in [4.69, 9.17) is 10.5 Å². The average molecular weight is 262 g/mol. The molecule has 0 aromatic carbocycles. The monoisotopic (exact) mass is 262 g/mol. The van der Waals surface area contributed by atoms with Crippen LogP contribution in [0.2, 0.25) is 0 Å². The van der Waals surface area contributed by atoms with E-state index in [1.54, 1.807) is 11.9 Å². The fraction of sp³-hybridized carbons (Fsp3) is 1.00. The van der Waals surface area contributed by atoms with Crippen LogP contribution in [0.4, 0.5) is 8.78 Å². The lowest BCUT2D eigenvalue weighted by Gasteiger charge is -2.67. The lowest BCUT2D eigenvalue weighted by Crippen LogP contribution is -2.80. The van der Waals surface area contributed by atoms with Crippen molar-refractivity contribution < 1.29 is 13.5 Å². The summed E-state index contributed by atoms with van der Waals surface area (Å²) < 4.78 is 30.6. The van der Waals surface area contributed by atoms with Gasteiger partial charge in [0.1, 0.15) is 0 Å². The van der Waals surface area contributed by atoms with Gasteiger partial charge in [0.05, 0.1) is 12.6 Å². The van der Waals surface area contributed by atoms with Gasteiger partial charge in [-0.3, -0.25) is 4.90 Å². The van der Waals surface area contributed by atoms with Crippen LogP contribution in [0.25, 0.3) is 0 Å². The number of nitrogens with two attached hydrogens (primary N) is 1. The minimum Gasteiger partial charge on any atom is -0.377 e. The number of hydrogen-bond donors (Lipinski definition) is 1. The van der Waals surface area contributed by atoms with Crippen molar-refractivity contribution in [2.45, 2.75) is 44.8 Å². The number of ether oxygens (including phenoxy) is 1. The Labute approximate surface area is 108 Å². The smallest absolute Gasteiger partial charge is 0.251 e. The molecule has 0 bridgehead atoms. The molecular weight excluding hydrogens is 238 g/mol. The zero-order valence-electron chi connectivity index (χ0n) is 11.5. The van der Waals surface area contributed by atoms with Crippen molar-refractivity contribution in [1.82, 2.24) is 4.90 Å². The summed E-state index contributed by atoms with van der Waals surface area (Å²) >= 11 is 0. The highest BCUT2D eigenvalue weighted by atomic mass is 19.3. The van der Waals surface area contributed by atoms with Crippen LogP contribution in [-0.4, -0.2) is 49.7 Å². The van der Waals surface area contributed by atoms with Crippen LogP contribution < -0.4 is 5.73 Å². The Hall–Kier alpha value is -0.260. The Balaban J connectivity index is 2.05. The molecule has 0 aromatic rings. The normalized spacial score (nSPS) is 38.7. The third kappa shape index (κ3) is 2.06. The number of hydrogen-bond acceptors (Lipinski definition) is 3. The van der Waals surface area contributed by atoms with Gasteiger partial charge >= 0.3 is 0 Å². The predicted molar refractivity (Wildman–Crippen MR) is 66.7 cm³/mol. The summed E-state index contributed by atoms with van der Waals surface area (Å²) in [5.74, 6) is 0.307. The largest absolute Gasteiger partial charge is 0.377 e. The lowest BCUT2D eigenvalue weighted by atomic mass is 9.46. The first-order valence-electron chi connectivity index (χ1n) is 6.66. The summed E-state index contributed by atoms with van der Waals surface area (Å²) in [7, 11) is 1.72. The van der Waals surface area contributed by atoms with Crippen molar-refractivity contribution in [1.29, 1.82) is 0 Å². The van der Waals surface area contributed by atoms with Crippen LogP contribution in [0, 0.1) is 11.3 Å². The number of fused-ring (bicyclic) bond motifs is 1. The summed E-state index contributed by atoms with van der Waals surface area (Å²) in [6.07, 6.45) is -0.0431. The highest BCUT2D eigenvalue weighted by Crippen LogP contribution is 2.57. The molecule has 0 radical (unpaired) electrons. The van der Waals surface area contributed by atoms with Gasteiger partial charge < -0.3 is 10.5 Å². The Morgan fingerprint density at radius 1 is 1.44 bits per heavy atom. The van der Waals surface area contributed by atoms with E-state index in [0.29, 0.717) is 12.5 Å². The van der Waals surface area contributed by atoms with Crippen LogP contribution in [0.15, 0.2) is 0 Å². The number of halogens is 2. The summed E-state index contributed by atoms with van der Waals surface area (Å²) in [5.41, 5.74) is 5.99. The lowest BCUT2D eigenvalue weighted by molar-refractivity contribution is -0.231. The first kappa shape index (κ1) is 14.2. The maximum atomic E-state index is 12.4. The number of alkyl halides is 2. The first-order valence-corrected chi connectivity index (χ1v) is 6.66. The van der Waals surface area contributed by atoms with E-state index >= 15 is 0 Å². The fourth-order valence-corrected chi connectivity index (χ4v) is 3.73. The summed E-state index contributed by atoms with van der Waals surface area (Å²) in [6, 6.07) is 0. The minimum absolute atomic E-state index is 0.144. The van der Waals surface area contributed by atoms with Crippen LogP contribution in [-0.2, 0) is 4.74 Å². The molecular formula is C13H24F2N2O. The third-order valence-corrected chi connectivity index (χ3v) is 4.88. The summed E-state index contributed by atoms with van der Waals surface area (Å²) in [4.78, 5) is 1.65. The Kier molecular flexibility index (Phi) is 3.69. The van der Waals surface area contributed by atoms with Crippen LogP contribution in [0.5, 0.6) is 0 Å². The molecule has 2 fully saturated rings. The zero-order chi connectivity index (χ0) is 13.6. The molecule has 0 aromatic heterocycles. The van der Waals surface area contributed by atoms with Gasteiger partial charge in [0.15, 0.2) is 0 Å². The van der Waals surface area contributed by atoms with E-state index < -0.39 is 12.0 Å². The molecule has 1 heterocycles. The predicted octanol–water partition coefficient (Wildman–Crippen LogP) is 1.72. The molecule has 2 aliphatic rings. The fourth-order valence-electron chi connectivity index (χ4n) is 3.73. The van der Waals surface area contributed by atoms with E-state index in [1.165, 1.54) is 0 Å². The van der Waals surface area contributed by atoms with Crippen molar-refractivity contribution >= 4 is 0 Å². The molecule has 3 nitrogen and oxygen atoms in total. The second kappa shape index (κ2) is 4.69. The highest BCUT2D eigenvalue weighted by molar-refractivity contribution is 5.20. The maximum Gasteiger partial charge on any atom is 0.251 e. The molecule has 3 atom stereocenters. The van der Waals surface area contributed by atoms with Crippen LogP contribution in [0.3, 0.4) is 0 Å². The summed E-state index contributed by atoms with van der Waals surface area (Å²) in [6.45, 7) is 5.28. The average Bonchev–Trinajstić information content (AvgIpc) is 2.27. The quantitative estimate of drug-likeness (QED) is 0.838. The SMILES string of the molecule is CN(CC(F)F)CC1(N)C2CCCOC2C1(C)C. The van der Waals surface area contributed by atoms with Crippen molar-refractivity contribution in [3.63, 3.8) is 0 Å². The van der Waals surface area contributed by atoms with Gasteiger partial charge in [-0.25, -0.2) is 8.78 Å². The van der Waals surface area contributed by atoms with E-state index in [1.807, 2.05) is 0 Å². The number of nitrogens with zero attached hydrogens (tertiary/aromatic N) is 1. The topological polar surface area (TPSA) is 38.5 Å². The Bertz CT molecular complexity index is 311. The van der Waals surface area contributed by atoms with Gasteiger partial charge in [-0.05, 0) is 19.9 Å². The minimum atomic E-state index is -2.31. The van der Waals surface area contributed by atoms with Crippen LogP contribution in [0.1, 0.15) is 26.7 Å². The third-order valence-electron chi connectivity index (χ3n) is 4.88. The van der Waals surface area contributed by atoms with Gasteiger partial charge in [-0.1, -0.05) is 13.8 Å². The first-order chi connectivity index (χ1) is 8.29. The molecule has 0 amide bonds. The Morgan fingerprint density at radius 3 is 2.72 bits per heavy atom. The second-order valence-corrected chi connectivity index (χ2v) is 6.39. The van der Waals surface area contributed by atoms with E-state index in [0.717, 1.165) is 19.4 Å². The number of rotatable bonds is 4. The standard InChI is InChI=1S/C13H24F2N2O/c1-12(2)11-9(5-4-6-18-11)13(12,16)8-17(3)7-10(14)15/h9-11H,4-8,16H2,1-3H3. The molecule has 1 aliphatic heterocycles. The zero-order valence-corrected chi connectivity index (χ0v) is 11.5. The summed E-state index contributed by atoms with van der Waals surface area (Å²) in [5, 5.41) is 0. The highest BCUT2D eigenvalue weighted by Gasteiger charge is 2.66. The van der Waals surface area contributed by atoms with Gasteiger partial charge in [0.25, 0.3) is 6.43 Å². The van der Waals surface area contributed by atoms with E-state index in [-0.39, 0.29) is 18.1 Å². The molecule has 1 aliphatic carbocycles. The molecule has 2 N–H and O–H groups in total. The van der Waals surface area contributed by atoms with Gasteiger partial charge in [0, 0.05) is 30.0 Å². The molecule has 5 heteroatoms. The maximum absolute atomic E-state index is 12.4. The van der Waals surface area contributed by atoms with Gasteiger partial charge in [0.2, 0.25) is 0 Å². The Morgan fingerprint density at radius 2 is 2.11 bits per heavy atom. The van der Waals surface area contributed by atoms with Crippen molar-refractivity contribution in [2.24, 2.45) is 17.1 Å². The molecule has 1 saturated carbocycles. The van der Waals surface area contributed by atoms with Gasteiger partial charge in [-0.15, -0.1) is 0 Å². The molecule has 0 spiro atoms. The molecule has 18 heavy (non-hydrogen) atoms. The van der Waals surface area contributed by atoms with Crippen molar-refractivity contribution in [3.05, 3.63) is 0 Å².